The van der Waals surface area contributed by atoms with Crippen LogP contribution in [0.15, 0.2) is 48.5 Å². The normalized spacial score (nSPS) is 10.1. The van der Waals surface area contributed by atoms with Crippen molar-refractivity contribution < 1.29 is 19.1 Å². The minimum atomic E-state index is -0.690. The van der Waals surface area contributed by atoms with Crippen LogP contribution in [0.25, 0.3) is 0 Å². The predicted octanol–water partition coefficient (Wildman–Crippen LogP) is 2.49. The maximum Gasteiger partial charge on any atom is 0.325 e. The van der Waals surface area contributed by atoms with Gasteiger partial charge in [-0.3, -0.25) is 14.4 Å². The van der Waals surface area contributed by atoms with Crippen LogP contribution in [0.3, 0.4) is 0 Å². The Kier molecular flexibility index (Phi) is 7.17. The lowest BCUT2D eigenvalue weighted by Crippen LogP contribution is -2.33. The van der Waals surface area contributed by atoms with Crippen LogP contribution in [0, 0.1) is 6.92 Å². The number of halogens is 1. The number of esters is 1. The number of hydrogen-bond acceptors (Lipinski definition) is 4. The highest BCUT2D eigenvalue weighted by Crippen LogP contribution is 2.22. The molecule has 0 aromatic heterocycles. The summed E-state index contributed by atoms with van der Waals surface area (Å²) in [5, 5.41) is 5.60. The number of hydrogen-bond donors (Lipinski definition) is 2. The smallest absolute Gasteiger partial charge is 0.325 e. The van der Waals surface area contributed by atoms with Gasteiger partial charge in [0.15, 0.2) is 6.61 Å². The largest absolute Gasteiger partial charge is 0.454 e. The van der Waals surface area contributed by atoms with Crippen molar-refractivity contribution in [1.29, 1.82) is 0 Å². The average molecular weight is 375 g/mol. The zero-order valence-corrected chi connectivity index (χ0v) is 15.0. The van der Waals surface area contributed by atoms with Gasteiger partial charge in [-0.15, -0.1) is 0 Å². The van der Waals surface area contributed by atoms with E-state index in [4.69, 9.17) is 16.3 Å². The molecule has 0 saturated heterocycles. The molecule has 0 radical (unpaired) electrons. The average Bonchev–Trinajstić information content (AvgIpc) is 2.63. The number of nitrogens with one attached hydrogen (secondary N) is 2. The van der Waals surface area contributed by atoms with E-state index in [0.717, 1.165) is 11.1 Å². The third-order valence-corrected chi connectivity index (χ3v) is 3.95. The summed E-state index contributed by atoms with van der Waals surface area (Å²) in [5.41, 5.74) is 2.12. The van der Waals surface area contributed by atoms with Gasteiger partial charge in [0.25, 0.3) is 5.91 Å². The second kappa shape index (κ2) is 9.58. The van der Waals surface area contributed by atoms with Gasteiger partial charge in [0.1, 0.15) is 6.54 Å². The van der Waals surface area contributed by atoms with E-state index in [-0.39, 0.29) is 18.9 Å². The van der Waals surface area contributed by atoms with Crippen molar-refractivity contribution in [2.45, 2.75) is 13.3 Å². The van der Waals surface area contributed by atoms with E-state index in [1.165, 1.54) is 0 Å². The quantitative estimate of drug-likeness (QED) is 0.729. The van der Waals surface area contributed by atoms with Crippen molar-refractivity contribution in [3.05, 3.63) is 64.7 Å². The van der Waals surface area contributed by atoms with Gasteiger partial charge in [-0.25, -0.2) is 0 Å². The monoisotopic (exact) mass is 374 g/mol. The molecule has 0 bridgehead atoms. The number of benzene rings is 2. The molecular formula is C19H19ClN2O4. The molecule has 0 atom stereocenters. The highest BCUT2D eigenvalue weighted by atomic mass is 35.5. The molecule has 0 aliphatic carbocycles. The van der Waals surface area contributed by atoms with Gasteiger partial charge in [-0.05, 0) is 30.2 Å². The van der Waals surface area contributed by atoms with Crippen molar-refractivity contribution in [2.24, 2.45) is 0 Å². The second-order valence-electron chi connectivity index (χ2n) is 5.56. The van der Waals surface area contributed by atoms with Crippen LogP contribution in [0.1, 0.15) is 11.1 Å². The minimum absolute atomic E-state index is 0.169. The van der Waals surface area contributed by atoms with Gasteiger partial charge in [0, 0.05) is 10.7 Å². The fourth-order valence-corrected chi connectivity index (χ4v) is 2.32. The van der Waals surface area contributed by atoms with E-state index >= 15 is 0 Å². The van der Waals surface area contributed by atoms with Crippen LogP contribution in [0.2, 0.25) is 5.02 Å². The number of anilines is 1. The lowest BCUT2D eigenvalue weighted by Gasteiger charge is -2.10. The van der Waals surface area contributed by atoms with Gasteiger partial charge in [-0.2, -0.15) is 0 Å². The molecule has 0 spiro atoms. The Morgan fingerprint density at radius 1 is 1.00 bits per heavy atom. The fraction of sp³-hybridized carbons (Fsp3) is 0.211. The first-order valence-corrected chi connectivity index (χ1v) is 8.34. The molecule has 2 amide bonds. The van der Waals surface area contributed by atoms with Crippen LogP contribution >= 0.6 is 11.6 Å². The summed E-state index contributed by atoms with van der Waals surface area (Å²) in [4.78, 5) is 35.2. The molecule has 7 heteroatoms. The van der Waals surface area contributed by atoms with E-state index in [1.807, 2.05) is 30.3 Å². The molecule has 2 rings (SSSR count). The number of ether oxygens (including phenoxy) is 1. The number of amides is 2. The molecule has 2 N–H and O–H groups in total. The molecule has 136 valence electrons. The third-order valence-electron chi connectivity index (χ3n) is 3.54. The Hall–Kier alpha value is -2.86. The second-order valence-corrected chi connectivity index (χ2v) is 5.97. The summed E-state index contributed by atoms with van der Waals surface area (Å²) >= 11 is 5.98. The Bertz CT molecular complexity index is 793. The molecule has 2 aromatic carbocycles. The Balaban J connectivity index is 1.70. The first-order valence-electron chi connectivity index (χ1n) is 7.97. The number of carbonyl (C=O) groups excluding carboxylic acids is 3. The summed E-state index contributed by atoms with van der Waals surface area (Å²) < 4.78 is 4.85. The lowest BCUT2D eigenvalue weighted by atomic mass is 10.1. The fourth-order valence-electron chi connectivity index (χ4n) is 2.14. The van der Waals surface area contributed by atoms with Gasteiger partial charge in [-0.1, -0.05) is 48.0 Å². The van der Waals surface area contributed by atoms with Crippen molar-refractivity contribution in [3.8, 4) is 0 Å². The summed E-state index contributed by atoms with van der Waals surface area (Å²) in [7, 11) is 0. The SMILES string of the molecule is Cc1c(Cl)cccc1NC(=O)COC(=O)CNC(=O)Cc1ccccc1. The highest BCUT2D eigenvalue weighted by Gasteiger charge is 2.11. The van der Waals surface area contributed by atoms with E-state index in [0.29, 0.717) is 10.7 Å². The van der Waals surface area contributed by atoms with Gasteiger partial charge in [0.2, 0.25) is 5.91 Å². The highest BCUT2D eigenvalue weighted by molar-refractivity contribution is 6.31. The standard InChI is InChI=1S/C19H19ClN2O4/c1-13-15(20)8-5-9-16(13)22-18(24)12-26-19(25)11-21-17(23)10-14-6-3-2-4-7-14/h2-9H,10-12H2,1H3,(H,21,23)(H,22,24). The topological polar surface area (TPSA) is 84.5 Å². The van der Waals surface area contributed by atoms with E-state index in [1.54, 1.807) is 25.1 Å². The molecule has 0 saturated carbocycles. The summed E-state index contributed by atoms with van der Waals surface area (Å²) in [6, 6.07) is 14.3. The first kappa shape index (κ1) is 19.5. The van der Waals surface area contributed by atoms with Crippen molar-refractivity contribution >= 4 is 35.1 Å². The molecule has 0 aliphatic heterocycles. The summed E-state index contributed by atoms with van der Waals surface area (Å²) in [5.74, 6) is -1.48. The molecule has 0 fully saturated rings. The molecule has 26 heavy (non-hydrogen) atoms. The van der Waals surface area contributed by atoms with Crippen LogP contribution in [-0.4, -0.2) is 30.9 Å². The maximum atomic E-state index is 11.8. The molecule has 0 unspecified atom stereocenters. The van der Waals surface area contributed by atoms with Crippen molar-refractivity contribution in [2.75, 3.05) is 18.5 Å². The van der Waals surface area contributed by atoms with E-state index in [2.05, 4.69) is 10.6 Å². The summed E-state index contributed by atoms with van der Waals surface area (Å²) in [6.07, 6.45) is 0.169. The molecule has 2 aromatic rings. The van der Waals surface area contributed by atoms with Crippen molar-refractivity contribution in [1.82, 2.24) is 5.32 Å². The molecular weight excluding hydrogens is 356 g/mol. The number of rotatable bonds is 7. The summed E-state index contributed by atoms with van der Waals surface area (Å²) in [6.45, 7) is 1.03. The Morgan fingerprint density at radius 2 is 1.73 bits per heavy atom. The zero-order chi connectivity index (χ0) is 18.9. The van der Waals surface area contributed by atoms with E-state index < -0.39 is 18.5 Å². The molecule has 0 aliphatic rings. The lowest BCUT2D eigenvalue weighted by molar-refractivity contribution is -0.147. The van der Waals surface area contributed by atoms with E-state index in [9.17, 15) is 14.4 Å². The number of carbonyl (C=O) groups is 3. The Morgan fingerprint density at radius 3 is 2.46 bits per heavy atom. The molecule has 0 heterocycles. The molecule has 6 nitrogen and oxygen atoms in total. The van der Waals surface area contributed by atoms with Crippen molar-refractivity contribution in [3.63, 3.8) is 0 Å². The maximum absolute atomic E-state index is 11.8. The van der Waals surface area contributed by atoms with Gasteiger partial charge in [0.05, 0.1) is 6.42 Å². The van der Waals surface area contributed by atoms with Crippen LogP contribution in [-0.2, 0) is 25.5 Å². The van der Waals surface area contributed by atoms with Crippen LogP contribution < -0.4 is 10.6 Å². The third kappa shape index (κ3) is 6.22. The van der Waals surface area contributed by atoms with Crippen LogP contribution in [0.4, 0.5) is 5.69 Å². The van der Waals surface area contributed by atoms with Gasteiger partial charge < -0.3 is 15.4 Å². The zero-order valence-electron chi connectivity index (χ0n) is 14.3. The van der Waals surface area contributed by atoms with Crippen LogP contribution in [0.5, 0.6) is 0 Å². The first-order chi connectivity index (χ1) is 12.5. The van der Waals surface area contributed by atoms with Gasteiger partial charge >= 0.3 is 5.97 Å². The minimum Gasteiger partial charge on any atom is -0.454 e. The predicted molar refractivity (Wildman–Crippen MR) is 98.9 cm³/mol. The Labute approximate surface area is 156 Å².